The van der Waals surface area contributed by atoms with E-state index in [0.717, 1.165) is 37.6 Å². The second-order valence-electron chi connectivity index (χ2n) is 4.78. The van der Waals surface area contributed by atoms with Gasteiger partial charge in [-0.05, 0) is 18.1 Å². The molecule has 0 radical (unpaired) electrons. The molecule has 3 nitrogen and oxygen atoms in total. The molecule has 1 aromatic carbocycles. The molecule has 1 saturated heterocycles. The van der Waals surface area contributed by atoms with Crippen molar-refractivity contribution in [2.24, 2.45) is 0 Å². The lowest BCUT2D eigenvalue weighted by atomic mass is 9.98. The lowest BCUT2D eigenvalue weighted by Crippen LogP contribution is -2.49. The second-order valence-corrected chi connectivity index (χ2v) is 6.48. The molecule has 1 aromatic rings. The minimum absolute atomic E-state index is 0.571. The van der Waals surface area contributed by atoms with Crippen molar-refractivity contribution >= 4 is 16.5 Å². The van der Waals surface area contributed by atoms with Gasteiger partial charge in [-0.2, -0.15) is 0 Å². The van der Waals surface area contributed by atoms with Crippen LogP contribution in [0.5, 0.6) is 0 Å². The number of hydrogen-bond acceptors (Lipinski definition) is 3. The van der Waals surface area contributed by atoms with Gasteiger partial charge >= 0.3 is 0 Å². The molecule has 1 unspecified atom stereocenters. The second kappa shape index (κ2) is 4.78. The smallest absolute Gasteiger partial charge is 0.0373 e. The number of nitrogens with zero attached hydrogens (tertiary/aromatic N) is 1. The van der Waals surface area contributed by atoms with Gasteiger partial charge in [-0.1, -0.05) is 18.2 Å². The van der Waals surface area contributed by atoms with E-state index in [-0.39, 0.29) is 0 Å². The molecule has 0 aromatic heterocycles. The zero-order chi connectivity index (χ0) is 11.7. The molecule has 4 heteroatoms. The van der Waals surface area contributed by atoms with Crippen LogP contribution < -0.4 is 5.32 Å². The molecular weight excluding hydrogens is 232 g/mol. The molecule has 0 aliphatic carbocycles. The first-order valence-electron chi connectivity index (χ1n) is 6.24. The van der Waals surface area contributed by atoms with Crippen LogP contribution in [-0.2, 0) is 17.2 Å². The fourth-order valence-corrected chi connectivity index (χ4v) is 3.78. The molecule has 2 aliphatic rings. The van der Waals surface area contributed by atoms with E-state index in [2.05, 4.69) is 34.5 Å². The maximum Gasteiger partial charge on any atom is 0.0373 e. The Morgan fingerprint density at radius 2 is 2.00 bits per heavy atom. The van der Waals surface area contributed by atoms with Gasteiger partial charge in [0, 0.05) is 53.7 Å². The van der Waals surface area contributed by atoms with E-state index in [4.69, 9.17) is 0 Å². The molecule has 0 saturated carbocycles. The molecule has 1 atom stereocenters. The summed E-state index contributed by atoms with van der Waals surface area (Å²) in [5.74, 6) is 1.69. The minimum Gasteiger partial charge on any atom is -0.383 e. The predicted molar refractivity (Wildman–Crippen MR) is 71.9 cm³/mol. The molecule has 2 heterocycles. The maximum atomic E-state index is 11.4. The van der Waals surface area contributed by atoms with Gasteiger partial charge in [-0.15, -0.1) is 0 Å². The molecule has 0 bridgehead atoms. The van der Waals surface area contributed by atoms with E-state index in [9.17, 15) is 4.21 Å². The molecule has 2 aliphatic heterocycles. The Kier molecular flexibility index (Phi) is 3.16. The molecule has 17 heavy (non-hydrogen) atoms. The van der Waals surface area contributed by atoms with Crippen LogP contribution in [-0.4, -0.2) is 46.3 Å². The third-order valence-corrected chi connectivity index (χ3v) is 5.01. The summed E-state index contributed by atoms with van der Waals surface area (Å²) >= 11 is 0. The average molecular weight is 250 g/mol. The van der Waals surface area contributed by atoms with E-state index >= 15 is 0 Å². The zero-order valence-electron chi connectivity index (χ0n) is 9.89. The first-order valence-corrected chi connectivity index (χ1v) is 7.72. The van der Waals surface area contributed by atoms with E-state index in [0.29, 0.717) is 6.04 Å². The third-order valence-electron chi connectivity index (χ3n) is 3.73. The summed E-state index contributed by atoms with van der Waals surface area (Å²) in [5.41, 5.74) is 2.69. The zero-order valence-corrected chi connectivity index (χ0v) is 10.7. The van der Waals surface area contributed by atoms with Gasteiger partial charge in [-0.3, -0.25) is 9.11 Å². The summed E-state index contributed by atoms with van der Waals surface area (Å²) in [7, 11) is -0.573. The van der Waals surface area contributed by atoms with Crippen molar-refractivity contribution in [3.05, 3.63) is 29.8 Å². The van der Waals surface area contributed by atoms with Gasteiger partial charge in [0.25, 0.3) is 0 Å². The lowest BCUT2D eigenvalue weighted by Gasteiger charge is -2.37. The normalized spacial score (nSPS) is 26.2. The molecule has 92 valence electrons. The number of para-hydroxylation sites is 1. The fourth-order valence-electron chi connectivity index (χ4n) is 2.70. The highest BCUT2D eigenvalue weighted by Gasteiger charge is 2.26. The van der Waals surface area contributed by atoms with E-state index in [1.165, 1.54) is 11.3 Å². The standard InChI is InChI=1S/C13H18N2OS/c16-17-7-5-15(6-8-17)12-9-11-3-1-2-4-13(11)14-10-12/h1-4,12,14H,5-10H2. The monoisotopic (exact) mass is 250 g/mol. The quantitative estimate of drug-likeness (QED) is 0.810. The SMILES string of the molecule is O=S1CCN(C2CNc3ccccc3C2)CC1. The highest BCUT2D eigenvalue weighted by Crippen LogP contribution is 2.24. The van der Waals surface area contributed by atoms with Crippen LogP contribution in [0, 0.1) is 0 Å². The number of anilines is 1. The van der Waals surface area contributed by atoms with Crippen LogP contribution in [0.3, 0.4) is 0 Å². The minimum atomic E-state index is -0.573. The van der Waals surface area contributed by atoms with Crippen LogP contribution >= 0.6 is 0 Å². The van der Waals surface area contributed by atoms with E-state index in [1.54, 1.807) is 0 Å². The Balaban J connectivity index is 1.69. The maximum absolute atomic E-state index is 11.4. The van der Waals surface area contributed by atoms with Gasteiger partial charge in [0.1, 0.15) is 0 Å². The Labute approximate surface area is 105 Å². The molecule has 1 fully saturated rings. The number of rotatable bonds is 1. The Bertz CT molecular complexity index is 425. The van der Waals surface area contributed by atoms with Gasteiger partial charge in [0.2, 0.25) is 0 Å². The van der Waals surface area contributed by atoms with Crippen LogP contribution in [0.2, 0.25) is 0 Å². The van der Waals surface area contributed by atoms with Crippen molar-refractivity contribution < 1.29 is 4.21 Å². The van der Waals surface area contributed by atoms with E-state index < -0.39 is 10.8 Å². The predicted octanol–water partition coefficient (Wildman–Crippen LogP) is 1.09. The number of hydrogen-bond donors (Lipinski definition) is 1. The van der Waals surface area contributed by atoms with Gasteiger partial charge in [0.05, 0.1) is 0 Å². The number of fused-ring (bicyclic) bond motifs is 1. The Morgan fingerprint density at radius 1 is 1.24 bits per heavy atom. The summed E-state index contributed by atoms with van der Waals surface area (Å²) in [6, 6.07) is 9.11. The molecule has 1 N–H and O–H groups in total. The van der Waals surface area contributed by atoms with Gasteiger partial charge in [-0.25, -0.2) is 0 Å². The van der Waals surface area contributed by atoms with Crippen molar-refractivity contribution in [2.45, 2.75) is 12.5 Å². The van der Waals surface area contributed by atoms with Crippen LogP contribution in [0.15, 0.2) is 24.3 Å². The molecule has 3 rings (SSSR count). The summed E-state index contributed by atoms with van der Waals surface area (Å²) < 4.78 is 11.4. The van der Waals surface area contributed by atoms with Crippen molar-refractivity contribution in [2.75, 3.05) is 36.5 Å². The molecule has 0 amide bonds. The topological polar surface area (TPSA) is 32.3 Å². The summed E-state index contributed by atoms with van der Waals surface area (Å²) in [5, 5.41) is 3.50. The van der Waals surface area contributed by atoms with Crippen molar-refractivity contribution in [3.63, 3.8) is 0 Å². The summed E-state index contributed by atoms with van der Waals surface area (Å²) in [6.45, 7) is 2.99. The molecular formula is C13H18N2OS. The van der Waals surface area contributed by atoms with Crippen molar-refractivity contribution in [1.29, 1.82) is 0 Å². The Morgan fingerprint density at radius 3 is 2.82 bits per heavy atom. The first kappa shape index (κ1) is 11.2. The average Bonchev–Trinajstić information content (AvgIpc) is 2.39. The van der Waals surface area contributed by atoms with Crippen molar-refractivity contribution in [1.82, 2.24) is 4.90 Å². The number of nitrogens with one attached hydrogen (secondary N) is 1. The highest BCUT2D eigenvalue weighted by atomic mass is 32.2. The van der Waals surface area contributed by atoms with Crippen LogP contribution in [0.4, 0.5) is 5.69 Å². The summed E-state index contributed by atoms with van der Waals surface area (Å²) in [6.07, 6.45) is 1.12. The third kappa shape index (κ3) is 2.38. The van der Waals surface area contributed by atoms with Gasteiger partial charge in [0.15, 0.2) is 0 Å². The lowest BCUT2D eigenvalue weighted by molar-refractivity contribution is 0.218. The Hall–Kier alpha value is -0.870. The number of benzene rings is 1. The first-order chi connectivity index (χ1) is 8.33. The van der Waals surface area contributed by atoms with Gasteiger partial charge < -0.3 is 5.32 Å². The fraction of sp³-hybridized carbons (Fsp3) is 0.538. The van der Waals surface area contributed by atoms with Crippen LogP contribution in [0.1, 0.15) is 5.56 Å². The largest absolute Gasteiger partial charge is 0.383 e. The molecule has 0 spiro atoms. The summed E-state index contributed by atoms with van der Waals surface area (Å²) in [4.78, 5) is 2.49. The van der Waals surface area contributed by atoms with Crippen LogP contribution in [0.25, 0.3) is 0 Å². The van der Waals surface area contributed by atoms with Crippen molar-refractivity contribution in [3.8, 4) is 0 Å². The highest BCUT2D eigenvalue weighted by molar-refractivity contribution is 7.85. The van der Waals surface area contributed by atoms with E-state index in [1.807, 2.05) is 0 Å².